The first-order chi connectivity index (χ1) is 8.05. The second-order valence-electron chi connectivity index (χ2n) is 2.94. The van der Waals surface area contributed by atoms with Crippen LogP contribution < -0.4 is 21.3 Å². The molecule has 0 saturated carbocycles. The van der Waals surface area contributed by atoms with E-state index in [-0.39, 0.29) is 11.9 Å². The largest absolute Gasteiger partial charge is 0.341 e. The molecule has 9 heteroatoms. The summed E-state index contributed by atoms with van der Waals surface area (Å²) in [4.78, 5) is 33.7. The molecule has 0 radical (unpaired) electrons. The van der Waals surface area contributed by atoms with Crippen LogP contribution in [0.5, 0.6) is 0 Å². The zero-order valence-electron chi connectivity index (χ0n) is 9.66. The van der Waals surface area contributed by atoms with E-state index in [4.69, 9.17) is 0 Å². The van der Waals surface area contributed by atoms with Crippen LogP contribution in [-0.2, 0) is 0 Å². The van der Waals surface area contributed by atoms with E-state index in [1.807, 2.05) is 0 Å². The van der Waals surface area contributed by atoms with Crippen molar-refractivity contribution in [2.45, 2.75) is 6.92 Å². The maximum Gasteiger partial charge on any atom is 0.321 e. The third-order valence-corrected chi connectivity index (χ3v) is 1.65. The van der Waals surface area contributed by atoms with Crippen molar-refractivity contribution < 1.29 is 9.59 Å². The number of aryl methyl sites for hydroxylation is 1. The molecule has 0 unspecified atom stereocenters. The highest BCUT2D eigenvalue weighted by Gasteiger charge is 2.08. The van der Waals surface area contributed by atoms with E-state index in [0.29, 0.717) is 5.82 Å². The molecule has 0 saturated heterocycles. The van der Waals surface area contributed by atoms with Crippen LogP contribution in [0.15, 0.2) is 0 Å². The molecule has 0 atom stereocenters. The Morgan fingerprint density at radius 1 is 0.882 bits per heavy atom. The predicted molar refractivity (Wildman–Crippen MR) is 60.7 cm³/mol. The molecule has 0 aliphatic rings. The molecule has 0 spiro atoms. The molecular formula is C8H13N7O2. The summed E-state index contributed by atoms with van der Waals surface area (Å²) in [6, 6.07) is -0.914. The van der Waals surface area contributed by atoms with Gasteiger partial charge in [0.1, 0.15) is 5.82 Å². The number of hydrogen-bond donors (Lipinski definition) is 4. The van der Waals surface area contributed by atoms with Gasteiger partial charge < -0.3 is 10.6 Å². The molecule has 1 rings (SSSR count). The number of carbonyl (C=O) groups is 2. The van der Waals surface area contributed by atoms with Gasteiger partial charge in [0, 0.05) is 14.1 Å². The SMILES string of the molecule is CNC(=O)Nc1nc(C)nc(NC(=O)NC)n1. The second kappa shape index (κ2) is 5.58. The van der Waals surface area contributed by atoms with Crippen molar-refractivity contribution in [3.05, 3.63) is 5.82 Å². The molecule has 1 aromatic rings. The average molecular weight is 239 g/mol. The minimum absolute atomic E-state index is 0.0586. The van der Waals surface area contributed by atoms with Crippen molar-refractivity contribution in [3.63, 3.8) is 0 Å². The molecule has 17 heavy (non-hydrogen) atoms. The van der Waals surface area contributed by atoms with Gasteiger partial charge in [0.2, 0.25) is 11.9 Å². The lowest BCUT2D eigenvalue weighted by Crippen LogP contribution is -2.28. The molecule has 0 aliphatic heterocycles. The molecular weight excluding hydrogens is 226 g/mol. The number of hydrogen-bond acceptors (Lipinski definition) is 5. The number of aromatic nitrogens is 3. The summed E-state index contributed by atoms with van der Waals surface area (Å²) >= 11 is 0. The average Bonchev–Trinajstić information content (AvgIpc) is 2.27. The fourth-order valence-electron chi connectivity index (χ4n) is 0.922. The molecule has 92 valence electrons. The zero-order valence-corrected chi connectivity index (χ0v) is 9.66. The van der Waals surface area contributed by atoms with Crippen molar-refractivity contribution in [2.75, 3.05) is 24.7 Å². The summed E-state index contributed by atoms with van der Waals surface area (Å²) in [5.74, 6) is 0.490. The van der Waals surface area contributed by atoms with Gasteiger partial charge in [0.15, 0.2) is 0 Å². The molecule has 0 aliphatic carbocycles. The van der Waals surface area contributed by atoms with Crippen molar-refractivity contribution in [3.8, 4) is 0 Å². The van der Waals surface area contributed by atoms with E-state index in [1.54, 1.807) is 6.92 Å². The molecule has 4 amide bonds. The third kappa shape index (κ3) is 3.89. The number of nitrogens with zero attached hydrogens (tertiary/aromatic N) is 3. The van der Waals surface area contributed by atoms with Gasteiger partial charge in [-0.1, -0.05) is 0 Å². The smallest absolute Gasteiger partial charge is 0.321 e. The summed E-state index contributed by atoms with van der Waals surface area (Å²) < 4.78 is 0. The van der Waals surface area contributed by atoms with E-state index < -0.39 is 12.1 Å². The highest BCUT2D eigenvalue weighted by atomic mass is 16.2. The molecule has 1 heterocycles. The van der Waals surface area contributed by atoms with Crippen molar-refractivity contribution >= 4 is 24.0 Å². The topological polar surface area (TPSA) is 121 Å². The normalized spacial score (nSPS) is 9.35. The maximum absolute atomic E-state index is 11.1. The molecule has 9 nitrogen and oxygen atoms in total. The van der Waals surface area contributed by atoms with Gasteiger partial charge in [-0.2, -0.15) is 15.0 Å². The van der Waals surface area contributed by atoms with Crippen LogP contribution in [-0.4, -0.2) is 41.1 Å². The van der Waals surface area contributed by atoms with E-state index in [2.05, 4.69) is 36.2 Å². The van der Waals surface area contributed by atoms with E-state index in [0.717, 1.165) is 0 Å². The second-order valence-corrected chi connectivity index (χ2v) is 2.94. The van der Waals surface area contributed by atoms with Crippen LogP contribution in [0, 0.1) is 6.92 Å². The lowest BCUT2D eigenvalue weighted by molar-refractivity contribution is 0.253. The van der Waals surface area contributed by atoms with Crippen LogP contribution >= 0.6 is 0 Å². The number of urea groups is 2. The van der Waals surface area contributed by atoms with Crippen LogP contribution in [0.1, 0.15) is 5.82 Å². The van der Waals surface area contributed by atoms with Crippen molar-refractivity contribution in [1.29, 1.82) is 0 Å². The number of anilines is 2. The first kappa shape index (κ1) is 12.6. The lowest BCUT2D eigenvalue weighted by Gasteiger charge is -2.06. The molecule has 0 bridgehead atoms. The summed E-state index contributed by atoms with van der Waals surface area (Å²) in [5.41, 5.74) is 0. The minimum atomic E-state index is -0.457. The van der Waals surface area contributed by atoms with Crippen LogP contribution in [0.4, 0.5) is 21.5 Å². The molecule has 0 aromatic carbocycles. The Labute approximate surface area is 97.4 Å². The Kier molecular flexibility index (Phi) is 4.14. The summed E-state index contributed by atoms with van der Waals surface area (Å²) in [7, 11) is 2.93. The first-order valence-corrected chi connectivity index (χ1v) is 4.75. The Morgan fingerprint density at radius 2 is 1.29 bits per heavy atom. The van der Waals surface area contributed by atoms with E-state index >= 15 is 0 Å². The Hall–Kier alpha value is -2.45. The monoisotopic (exact) mass is 239 g/mol. The summed E-state index contributed by atoms with van der Waals surface area (Å²) in [6.07, 6.45) is 0. The highest BCUT2D eigenvalue weighted by Crippen LogP contribution is 2.04. The van der Waals surface area contributed by atoms with Gasteiger partial charge in [0.25, 0.3) is 0 Å². The fraction of sp³-hybridized carbons (Fsp3) is 0.375. The van der Waals surface area contributed by atoms with Gasteiger partial charge in [-0.15, -0.1) is 0 Å². The summed E-state index contributed by atoms with van der Waals surface area (Å²) in [5, 5.41) is 9.47. The molecule has 4 N–H and O–H groups in total. The first-order valence-electron chi connectivity index (χ1n) is 4.75. The number of nitrogens with one attached hydrogen (secondary N) is 4. The van der Waals surface area contributed by atoms with Crippen molar-refractivity contribution in [2.24, 2.45) is 0 Å². The van der Waals surface area contributed by atoms with Crippen molar-refractivity contribution in [1.82, 2.24) is 25.6 Å². The molecule has 1 aromatic heterocycles. The van der Waals surface area contributed by atoms with E-state index in [1.165, 1.54) is 14.1 Å². The maximum atomic E-state index is 11.1. The quantitative estimate of drug-likeness (QED) is 0.563. The zero-order chi connectivity index (χ0) is 12.8. The lowest BCUT2D eigenvalue weighted by atomic mass is 10.6. The van der Waals surface area contributed by atoms with Gasteiger partial charge in [0.05, 0.1) is 0 Å². The number of amides is 4. The van der Waals surface area contributed by atoms with Gasteiger partial charge >= 0.3 is 12.1 Å². The van der Waals surface area contributed by atoms with Crippen LogP contribution in [0.2, 0.25) is 0 Å². The van der Waals surface area contributed by atoms with Gasteiger partial charge in [-0.05, 0) is 6.92 Å². The van der Waals surface area contributed by atoms with E-state index in [9.17, 15) is 9.59 Å². The highest BCUT2D eigenvalue weighted by molar-refractivity contribution is 5.88. The third-order valence-electron chi connectivity index (χ3n) is 1.65. The van der Waals surface area contributed by atoms with Gasteiger partial charge in [-0.25, -0.2) is 9.59 Å². The minimum Gasteiger partial charge on any atom is -0.341 e. The predicted octanol–water partition coefficient (Wildman–Crippen LogP) is -0.317. The Morgan fingerprint density at radius 3 is 1.65 bits per heavy atom. The summed E-state index contributed by atoms with van der Waals surface area (Å²) in [6.45, 7) is 1.62. The Bertz CT molecular complexity index is 398. The van der Waals surface area contributed by atoms with Gasteiger partial charge in [-0.3, -0.25) is 10.6 Å². The Balaban J connectivity index is 2.86. The standard InChI is InChI=1S/C8H13N7O2/c1-4-11-5(14-7(16)9-2)13-6(12-4)15-8(17)10-3/h1-3H3,(H4,9,10,11,12,13,14,15,16,17). The fourth-order valence-corrected chi connectivity index (χ4v) is 0.922. The van der Waals surface area contributed by atoms with Crippen LogP contribution in [0.25, 0.3) is 0 Å². The number of carbonyl (C=O) groups excluding carboxylic acids is 2. The number of rotatable bonds is 2. The molecule has 0 fully saturated rings. The van der Waals surface area contributed by atoms with Crippen LogP contribution in [0.3, 0.4) is 0 Å².